The van der Waals surface area contributed by atoms with Crippen LogP contribution in [0.2, 0.25) is 0 Å². The number of aliphatic hydroxyl groups is 1. The largest absolute Gasteiger partial charge is 0.497 e. The molecule has 1 heterocycles. The first-order valence-corrected chi connectivity index (χ1v) is 10.5. The standard InChI is InChI=1S/C23H31FN4O3/c1-4-25-23(26-16-22(29)17-13-20(30-2)15-21(14-17)31-3)28-11-9-27(10-12-28)19-7-5-18(24)6-8-19/h5-8,13-15,22,29H,4,9-12,16H2,1-3H3,(H,25,26). The maximum absolute atomic E-state index is 13.2. The van der Waals surface area contributed by atoms with Gasteiger partial charge in [0.1, 0.15) is 17.3 Å². The second kappa shape index (κ2) is 10.9. The number of nitrogens with zero attached hydrogens (tertiary/aromatic N) is 3. The van der Waals surface area contributed by atoms with Gasteiger partial charge in [-0.3, -0.25) is 4.99 Å². The number of halogens is 1. The second-order valence-electron chi connectivity index (χ2n) is 7.31. The molecule has 1 atom stereocenters. The third-order valence-electron chi connectivity index (χ3n) is 5.28. The zero-order valence-corrected chi connectivity index (χ0v) is 18.3. The fraction of sp³-hybridized carbons (Fsp3) is 0.435. The molecule has 0 spiro atoms. The number of ether oxygens (including phenoxy) is 2. The molecule has 7 nitrogen and oxygen atoms in total. The van der Waals surface area contributed by atoms with Gasteiger partial charge < -0.3 is 29.7 Å². The Morgan fingerprint density at radius 3 is 2.23 bits per heavy atom. The lowest BCUT2D eigenvalue weighted by Gasteiger charge is -2.37. The first kappa shape index (κ1) is 22.7. The molecular weight excluding hydrogens is 399 g/mol. The minimum atomic E-state index is -0.779. The average Bonchev–Trinajstić information content (AvgIpc) is 2.81. The Bertz CT molecular complexity index is 845. The monoisotopic (exact) mass is 430 g/mol. The Balaban J connectivity index is 1.64. The first-order chi connectivity index (χ1) is 15.0. The van der Waals surface area contributed by atoms with Crippen molar-refractivity contribution in [1.29, 1.82) is 0 Å². The maximum atomic E-state index is 13.2. The summed E-state index contributed by atoms with van der Waals surface area (Å²) in [5.74, 6) is 1.80. The van der Waals surface area contributed by atoms with Crippen LogP contribution >= 0.6 is 0 Å². The molecule has 0 bridgehead atoms. The van der Waals surface area contributed by atoms with E-state index in [2.05, 4.69) is 20.1 Å². The lowest BCUT2D eigenvalue weighted by atomic mass is 10.1. The molecule has 0 radical (unpaired) electrons. The minimum absolute atomic E-state index is 0.219. The smallest absolute Gasteiger partial charge is 0.194 e. The molecule has 0 amide bonds. The molecule has 1 aliphatic rings. The van der Waals surface area contributed by atoms with Crippen LogP contribution in [0, 0.1) is 5.82 Å². The summed E-state index contributed by atoms with van der Waals surface area (Å²) in [6.45, 7) is 6.17. The van der Waals surface area contributed by atoms with E-state index in [1.165, 1.54) is 12.1 Å². The molecule has 0 saturated carbocycles. The molecule has 1 aliphatic heterocycles. The van der Waals surface area contributed by atoms with E-state index in [-0.39, 0.29) is 12.4 Å². The number of piperazine rings is 1. The summed E-state index contributed by atoms with van der Waals surface area (Å²) in [6.07, 6.45) is -0.779. The van der Waals surface area contributed by atoms with Crippen LogP contribution in [0.5, 0.6) is 11.5 Å². The highest BCUT2D eigenvalue weighted by Gasteiger charge is 2.20. The summed E-state index contributed by atoms with van der Waals surface area (Å²) >= 11 is 0. The average molecular weight is 431 g/mol. The maximum Gasteiger partial charge on any atom is 0.194 e. The van der Waals surface area contributed by atoms with E-state index in [1.807, 2.05) is 19.1 Å². The van der Waals surface area contributed by atoms with E-state index in [0.29, 0.717) is 17.1 Å². The van der Waals surface area contributed by atoms with Gasteiger partial charge in [0.05, 0.1) is 26.9 Å². The molecule has 0 aliphatic carbocycles. The molecule has 0 aromatic heterocycles. The van der Waals surface area contributed by atoms with E-state index in [4.69, 9.17) is 9.47 Å². The molecule has 2 aromatic carbocycles. The summed E-state index contributed by atoms with van der Waals surface area (Å²) < 4.78 is 23.8. The summed E-state index contributed by atoms with van der Waals surface area (Å²) in [7, 11) is 3.16. The molecule has 168 valence electrons. The molecule has 1 fully saturated rings. The van der Waals surface area contributed by atoms with Gasteiger partial charge >= 0.3 is 0 Å². The number of anilines is 1. The molecule has 1 saturated heterocycles. The summed E-state index contributed by atoms with van der Waals surface area (Å²) in [5.41, 5.74) is 1.71. The van der Waals surface area contributed by atoms with Crippen molar-refractivity contribution < 1.29 is 19.0 Å². The lowest BCUT2D eigenvalue weighted by molar-refractivity contribution is 0.185. The number of nitrogens with one attached hydrogen (secondary N) is 1. The van der Waals surface area contributed by atoms with E-state index < -0.39 is 6.10 Å². The van der Waals surface area contributed by atoms with Gasteiger partial charge in [-0.05, 0) is 48.9 Å². The van der Waals surface area contributed by atoms with Crippen LogP contribution in [0.25, 0.3) is 0 Å². The number of methoxy groups -OCH3 is 2. The summed E-state index contributed by atoms with van der Waals surface area (Å²) in [6, 6.07) is 11.9. The third kappa shape index (κ3) is 6.01. The zero-order valence-electron chi connectivity index (χ0n) is 18.3. The van der Waals surface area contributed by atoms with Gasteiger partial charge in [-0.25, -0.2) is 4.39 Å². The van der Waals surface area contributed by atoms with Crippen LogP contribution in [0.1, 0.15) is 18.6 Å². The van der Waals surface area contributed by atoms with Crippen LogP contribution in [-0.2, 0) is 0 Å². The Morgan fingerprint density at radius 1 is 1.06 bits per heavy atom. The molecule has 31 heavy (non-hydrogen) atoms. The predicted octanol–water partition coefficient (Wildman–Crippen LogP) is 2.66. The number of rotatable bonds is 7. The number of guanidine groups is 1. The van der Waals surface area contributed by atoms with Crippen molar-refractivity contribution in [3.8, 4) is 11.5 Å². The number of hydrogen-bond donors (Lipinski definition) is 2. The SMILES string of the molecule is CCNC(=NCC(O)c1cc(OC)cc(OC)c1)N1CCN(c2ccc(F)cc2)CC1. The number of aliphatic hydroxyl groups excluding tert-OH is 1. The minimum Gasteiger partial charge on any atom is -0.497 e. The first-order valence-electron chi connectivity index (χ1n) is 10.5. The Labute approximate surface area is 183 Å². The van der Waals surface area contributed by atoms with Gasteiger partial charge in [-0.15, -0.1) is 0 Å². The van der Waals surface area contributed by atoms with E-state index in [1.54, 1.807) is 32.4 Å². The van der Waals surface area contributed by atoms with Crippen molar-refractivity contribution in [3.63, 3.8) is 0 Å². The second-order valence-corrected chi connectivity index (χ2v) is 7.31. The normalized spacial score (nSPS) is 15.6. The van der Waals surface area contributed by atoms with Crippen LogP contribution in [0.3, 0.4) is 0 Å². The van der Waals surface area contributed by atoms with E-state index in [9.17, 15) is 9.50 Å². The summed E-state index contributed by atoms with van der Waals surface area (Å²) in [5, 5.41) is 14.0. The Morgan fingerprint density at radius 2 is 1.68 bits per heavy atom. The van der Waals surface area contributed by atoms with Gasteiger partial charge in [0, 0.05) is 44.5 Å². The van der Waals surface area contributed by atoms with Crippen LogP contribution in [0.15, 0.2) is 47.5 Å². The van der Waals surface area contributed by atoms with Crippen LogP contribution < -0.4 is 19.7 Å². The summed E-state index contributed by atoms with van der Waals surface area (Å²) in [4.78, 5) is 9.08. The Kier molecular flexibility index (Phi) is 7.94. The van der Waals surface area contributed by atoms with Crippen LogP contribution in [-0.4, -0.2) is 69.5 Å². The van der Waals surface area contributed by atoms with Crippen molar-refractivity contribution in [2.75, 3.05) is 58.4 Å². The van der Waals surface area contributed by atoms with Gasteiger partial charge in [0.15, 0.2) is 5.96 Å². The molecule has 8 heteroatoms. The highest BCUT2D eigenvalue weighted by Crippen LogP contribution is 2.26. The number of benzene rings is 2. The van der Waals surface area contributed by atoms with E-state index in [0.717, 1.165) is 44.4 Å². The van der Waals surface area contributed by atoms with Crippen molar-refractivity contribution in [2.45, 2.75) is 13.0 Å². The van der Waals surface area contributed by atoms with Gasteiger partial charge in [0.25, 0.3) is 0 Å². The van der Waals surface area contributed by atoms with Crippen molar-refractivity contribution in [3.05, 3.63) is 53.8 Å². The Hall–Kier alpha value is -3.00. The topological polar surface area (TPSA) is 69.6 Å². The van der Waals surface area contributed by atoms with Crippen molar-refractivity contribution in [2.24, 2.45) is 4.99 Å². The van der Waals surface area contributed by atoms with Gasteiger partial charge in [-0.1, -0.05) is 0 Å². The van der Waals surface area contributed by atoms with E-state index >= 15 is 0 Å². The van der Waals surface area contributed by atoms with Gasteiger partial charge in [-0.2, -0.15) is 0 Å². The lowest BCUT2D eigenvalue weighted by Crippen LogP contribution is -2.52. The fourth-order valence-corrected chi connectivity index (χ4v) is 3.55. The van der Waals surface area contributed by atoms with Gasteiger partial charge in [0.2, 0.25) is 0 Å². The van der Waals surface area contributed by atoms with Crippen molar-refractivity contribution in [1.82, 2.24) is 10.2 Å². The van der Waals surface area contributed by atoms with Crippen molar-refractivity contribution >= 4 is 11.6 Å². The third-order valence-corrected chi connectivity index (χ3v) is 5.28. The number of aliphatic imine (C=N–C) groups is 1. The fourth-order valence-electron chi connectivity index (χ4n) is 3.55. The molecule has 2 N–H and O–H groups in total. The molecule has 1 unspecified atom stereocenters. The predicted molar refractivity (Wildman–Crippen MR) is 121 cm³/mol. The zero-order chi connectivity index (χ0) is 22.2. The number of hydrogen-bond acceptors (Lipinski definition) is 5. The van der Waals surface area contributed by atoms with Crippen LogP contribution in [0.4, 0.5) is 10.1 Å². The molecule has 3 rings (SSSR count). The molecular formula is C23H31FN4O3. The highest BCUT2D eigenvalue weighted by molar-refractivity contribution is 5.80. The molecule has 2 aromatic rings. The quantitative estimate of drug-likeness (QED) is 0.520. The highest BCUT2D eigenvalue weighted by atomic mass is 19.1.